The van der Waals surface area contributed by atoms with Crippen molar-refractivity contribution in [1.29, 1.82) is 0 Å². The molecule has 0 amide bonds. The fourth-order valence-electron chi connectivity index (χ4n) is 3.14. The summed E-state index contributed by atoms with van der Waals surface area (Å²) in [6.07, 6.45) is 5.03. The maximum atomic E-state index is 4.83. The van der Waals surface area contributed by atoms with Crippen molar-refractivity contribution in [1.82, 2.24) is 10.3 Å². The van der Waals surface area contributed by atoms with Gasteiger partial charge in [-0.1, -0.05) is 6.58 Å². The lowest BCUT2D eigenvalue weighted by Gasteiger charge is -2.27. The summed E-state index contributed by atoms with van der Waals surface area (Å²) < 4.78 is 0. The third-order valence-corrected chi connectivity index (χ3v) is 4.32. The molecule has 2 aliphatic heterocycles. The van der Waals surface area contributed by atoms with Gasteiger partial charge >= 0.3 is 0 Å². The van der Waals surface area contributed by atoms with E-state index in [0.717, 1.165) is 23.7 Å². The third kappa shape index (κ3) is 1.69. The first kappa shape index (κ1) is 10.4. The fraction of sp³-hybridized carbons (Fsp3) is 0.533. The molecule has 2 bridgehead atoms. The van der Waals surface area contributed by atoms with Crippen LogP contribution in [0.5, 0.6) is 0 Å². The van der Waals surface area contributed by atoms with Gasteiger partial charge in [-0.2, -0.15) is 0 Å². The van der Waals surface area contributed by atoms with Crippen molar-refractivity contribution in [2.75, 3.05) is 18.0 Å². The topological polar surface area (TPSA) is 28.2 Å². The Morgan fingerprint density at radius 1 is 1.33 bits per heavy atom. The summed E-state index contributed by atoms with van der Waals surface area (Å²) in [6, 6.07) is 5.00. The molecule has 1 unspecified atom stereocenters. The number of hydrogen-bond donors (Lipinski definition) is 1. The Labute approximate surface area is 108 Å². The molecule has 2 fully saturated rings. The zero-order valence-corrected chi connectivity index (χ0v) is 10.7. The van der Waals surface area contributed by atoms with Crippen LogP contribution in [0.15, 0.2) is 18.7 Å². The molecule has 0 aromatic carbocycles. The maximum Gasteiger partial charge on any atom is 0.0859 e. The van der Waals surface area contributed by atoms with Crippen LogP contribution in [-0.2, 0) is 6.42 Å². The van der Waals surface area contributed by atoms with Gasteiger partial charge in [0.05, 0.1) is 22.8 Å². The van der Waals surface area contributed by atoms with Gasteiger partial charge in [0, 0.05) is 19.1 Å². The zero-order valence-electron chi connectivity index (χ0n) is 10.7. The molecule has 94 valence electrons. The number of aromatic nitrogens is 1. The summed E-state index contributed by atoms with van der Waals surface area (Å²) in [5.74, 6) is 0.824. The molecule has 0 radical (unpaired) electrons. The first-order valence-corrected chi connectivity index (χ1v) is 7.00. The van der Waals surface area contributed by atoms with Crippen molar-refractivity contribution in [2.45, 2.75) is 31.7 Å². The standard InChI is InChI=1S/C15H19N3/c1-10(16-12-2-3-12)13-4-5-15-14(17-13)8-11-6-7-18(15)9-11/h4-5,11-12,16H,1-3,6-9H2. The van der Waals surface area contributed by atoms with Crippen LogP contribution in [0, 0.1) is 5.92 Å². The van der Waals surface area contributed by atoms with Crippen molar-refractivity contribution in [3.63, 3.8) is 0 Å². The molecule has 1 N–H and O–H groups in total. The van der Waals surface area contributed by atoms with E-state index >= 15 is 0 Å². The molecule has 1 aromatic heterocycles. The van der Waals surface area contributed by atoms with E-state index in [1.807, 2.05) is 0 Å². The molecule has 3 heterocycles. The minimum atomic E-state index is 0.648. The van der Waals surface area contributed by atoms with E-state index in [-0.39, 0.29) is 0 Å². The van der Waals surface area contributed by atoms with Gasteiger partial charge in [0.25, 0.3) is 0 Å². The Kier molecular flexibility index (Phi) is 2.16. The van der Waals surface area contributed by atoms with E-state index in [0.29, 0.717) is 6.04 Å². The van der Waals surface area contributed by atoms with Gasteiger partial charge in [0.2, 0.25) is 0 Å². The first-order valence-electron chi connectivity index (χ1n) is 7.00. The molecule has 4 rings (SSSR count). The van der Waals surface area contributed by atoms with Crippen LogP contribution in [0.4, 0.5) is 5.69 Å². The SMILES string of the molecule is C=C(NC1CC1)c1ccc2c(n1)CC1CCN2C1. The number of anilines is 1. The van der Waals surface area contributed by atoms with Crippen molar-refractivity contribution >= 4 is 11.4 Å². The summed E-state index contributed by atoms with van der Waals surface area (Å²) in [5.41, 5.74) is 4.66. The number of nitrogens with one attached hydrogen (secondary N) is 1. The molecule has 18 heavy (non-hydrogen) atoms. The summed E-state index contributed by atoms with van der Waals surface area (Å²) in [6.45, 7) is 6.56. The predicted octanol–water partition coefficient (Wildman–Crippen LogP) is 2.19. The van der Waals surface area contributed by atoms with E-state index in [9.17, 15) is 0 Å². The van der Waals surface area contributed by atoms with Gasteiger partial charge in [-0.15, -0.1) is 0 Å². The largest absolute Gasteiger partial charge is 0.381 e. The van der Waals surface area contributed by atoms with Crippen molar-refractivity contribution in [3.8, 4) is 0 Å². The first-order chi connectivity index (χ1) is 8.79. The van der Waals surface area contributed by atoms with Gasteiger partial charge in [-0.05, 0) is 43.7 Å². The predicted molar refractivity (Wildman–Crippen MR) is 73.5 cm³/mol. The molecular formula is C15H19N3. The molecule has 1 saturated heterocycles. The van der Waals surface area contributed by atoms with Crippen LogP contribution < -0.4 is 10.2 Å². The Hall–Kier alpha value is -1.51. The summed E-state index contributed by atoms with van der Waals surface area (Å²) in [5, 5.41) is 3.44. The minimum Gasteiger partial charge on any atom is -0.381 e. The lowest BCUT2D eigenvalue weighted by atomic mass is 9.99. The second-order valence-corrected chi connectivity index (χ2v) is 5.86. The number of fused-ring (bicyclic) bond motifs is 4. The second-order valence-electron chi connectivity index (χ2n) is 5.86. The third-order valence-electron chi connectivity index (χ3n) is 4.32. The number of rotatable bonds is 3. The van der Waals surface area contributed by atoms with Gasteiger partial charge in [0.15, 0.2) is 0 Å². The Morgan fingerprint density at radius 2 is 2.22 bits per heavy atom. The zero-order chi connectivity index (χ0) is 12.1. The van der Waals surface area contributed by atoms with Crippen molar-refractivity contribution < 1.29 is 0 Å². The lowest BCUT2D eigenvalue weighted by molar-refractivity contribution is 0.565. The molecule has 0 spiro atoms. The van der Waals surface area contributed by atoms with Crippen LogP contribution in [0.2, 0.25) is 0 Å². The van der Waals surface area contributed by atoms with Gasteiger partial charge in [-0.3, -0.25) is 0 Å². The Balaban J connectivity index is 1.63. The fourth-order valence-corrected chi connectivity index (χ4v) is 3.14. The maximum absolute atomic E-state index is 4.83. The van der Waals surface area contributed by atoms with Crippen LogP contribution in [0.3, 0.4) is 0 Å². The van der Waals surface area contributed by atoms with Gasteiger partial charge < -0.3 is 10.2 Å². The minimum absolute atomic E-state index is 0.648. The molecule has 1 saturated carbocycles. The summed E-state index contributed by atoms with van der Waals surface area (Å²) >= 11 is 0. The highest BCUT2D eigenvalue weighted by molar-refractivity contribution is 5.63. The molecule has 3 aliphatic rings. The summed E-state index contributed by atoms with van der Waals surface area (Å²) in [7, 11) is 0. The summed E-state index contributed by atoms with van der Waals surface area (Å²) in [4.78, 5) is 7.31. The quantitative estimate of drug-likeness (QED) is 0.879. The number of pyridine rings is 1. The molecule has 1 atom stereocenters. The van der Waals surface area contributed by atoms with Crippen LogP contribution >= 0.6 is 0 Å². The molecule has 1 aromatic rings. The molecule has 1 aliphatic carbocycles. The van der Waals surface area contributed by atoms with Crippen LogP contribution in [0.25, 0.3) is 5.70 Å². The Morgan fingerprint density at radius 3 is 3.06 bits per heavy atom. The van der Waals surface area contributed by atoms with E-state index in [4.69, 9.17) is 4.98 Å². The second kappa shape index (κ2) is 3.74. The van der Waals surface area contributed by atoms with Crippen molar-refractivity contribution in [2.24, 2.45) is 5.92 Å². The smallest absolute Gasteiger partial charge is 0.0859 e. The van der Waals surface area contributed by atoms with Crippen LogP contribution in [0.1, 0.15) is 30.7 Å². The molecular weight excluding hydrogens is 222 g/mol. The highest BCUT2D eigenvalue weighted by Crippen LogP contribution is 2.35. The monoisotopic (exact) mass is 241 g/mol. The van der Waals surface area contributed by atoms with Gasteiger partial charge in [0.1, 0.15) is 0 Å². The normalized spacial score (nSPS) is 24.9. The average molecular weight is 241 g/mol. The molecule has 3 heteroatoms. The highest BCUT2D eigenvalue weighted by Gasteiger charge is 2.31. The van der Waals surface area contributed by atoms with Crippen molar-refractivity contribution in [3.05, 3.63) is 30.1 Å². The number of nitrogens with zero attached hydrogens (tertiary/aromatic N) is 2. The Bertz CT molecular complexity index is 504. The van der Waals surface area contributed by atoms with E-state index in [1.54, 1.807) is 0 Å². The number of hydrogen-bond acceptors (Lipinski definition) is 3. The molecule has 3 nitrogen and oxygen atoms in total. The van der Waals surface area contributed by atoms with Gasteiger partial charge in [-0.25, -0.2) is 4.98 Å². The highest BCUT2D eigenvalue weighted by atomic mass is 15.2. The van der Waals surface area contributed by atoms with Crippen LogP contribution in [-0.4, -0.2) is 24.1 Å². The van der Waals surface area contributed by atoms with E-state index < -0.39 is 0 Å². The van der Waals surface area contributed by atoms with E-state index in [2.05, 4.69) is 28.9 Å². The average Bonchev–Trinajstić information content (AvgIpc) is 3.11. The van der Waals surface area contributed by atoms with E-state index in [1.165, 1.54) is 43.7 Å². The lowest BCUT2D eigenvalue weighted by Crippen LogP contribution is -2.27.